The van der Waals surface area contributed by atoms with Crippen LogP contribution in [0.4, 0.5) is 0 Å². The van der Waals surface area contributed by atoms with Crippen molar-refractivity contribution >= 4 is 24.3 Å². The lowest BCUT2D eigenvalue weighted by atomic mass is 10.2. The third-order valence-corrected chi connectivity index (χ3v) is 3.18. The van der Waals surface area contributed by atoms with Gasteiger partial charge in [0.05, 0.1) is 19.8 Å². The number of hydrogen-bond acceptors (Lipinski definition) is 6. The summed E-state index contributed by atoms with van der Waals surface area (Å²) in [6, 6.07) is 6.26. The molecule has 116 valence electrons. The van der Waals surface area contributed by atoms with E-state index in [1.54, 1.807) is 31.4 Å². The first-order valence-electron chi connectivity index (χ1n) is 6.30. The summed E-state index contributed by atoms with van der Waals surface area (Å²) in [6.07, 6.45) is 0.0999. The Morgan fingerprint density at radius 1 is 1.19 bits per heavy atom. The molecule has 0 amide bonds. The molecular formula is C14H18ClNO5. The van der Waals surface area contributed by atoms with Crippen LogP contribution < -0.4 is 10.1 Å². The molecule has 0 unspecified atom stereocenters. The fourth-order valence-electron chi connectivity index (χ4n) is 2.06. The van der Waals surface area contributed by atoms with Crippen molar-refractivity contribution in [3.8, 4) is 5.75 Å². The van der Waals surface area contributed by atoms with E-state index < -0.39 is 12.0 Å². The van der Waals surface area contributed by atoms with Crippen LogP contribution in [0.3, 0.4) is 0 Å². The number of methoxy groups -OCH3 is 2. The minimum Gasteiger partial charge on any atom is -0.497 e. The standard InChI is InChI=1S/C14H17NO5.ClH/c1-18-10-5-3-9(4-6-10)13(16)20-11-7-12(15-8-11)14(17)19-2;/h3-6,11-12,15H,7-8H2,1-2H3;1H/t11-,12+;/m1./s1. The molecule has 1 aliphatic heterocycles. The van der Waals surface area contributed by atoms with Gasteiger partial charge in [-0.05, 0) is 24.3 Å². The Morgan fingerprint density at radius 2 is 1.86 bits per heavy atom. The van der Waals surface area contributed by atoms with Gasteiger partial charge in [0.15, 0.2) is 0 Å². The molecule has 1 fully saturated rings. The Labute approximate surface area is 129 Å². The van der Waals surface area contributed by atoms with Crippen molar-refractivity contribution in [3.05, 3.63) is 29.8 Å². The zero-order chi connectivity index (χ0) is 14.5. The summed E-state index contributed by atoms with van der Waals surface area (Å²) >= 11 is 0. The third kappa shape index (κ3) is 4.34. The van der Waals surface area contributed by atoms with E-state index >= 15 is 0 Å². The second-order valence-electron chi connectivity index (χ2n) is 4.48. The number of halogens is 1. The number of carbonyl (C=O) groups excluding carboxylic acids is 2. The van der Waals surface area contributed by atoms with Gasteiger partial charge in [-0.25, -0.2) is 4.79 Å². The highest BCUT2D eigenvalue weighted by molar-refractivity contribution is 5.89. The van der Waals surface area contributed by atoms with Crippen LogP contribution in [0.2, 0.25) is 0 Å². The van der Waals surface area contributed by atoms with Gasteiger partial charge in [-0.1, -0.05) is 0 Å². The molecule has 7 heteroatoms. The van der Waals surface area contributed by atoms with Gasteiger partial charge < -0.3 is 19.5 Å². The molecule has 6 nitrogen and oxygen atoms in total. The Kier molecular flexibility index (Phi) is 6.45. The van der Waals surface area contributed by atoms with Crippen LogP contribution in [0.15, 0.2) is 24.3 Å². The van der Waals surface area contributed by atoms with Gasteiger partial charge in [-0.15, -0.1) is 12.4 Å². The summed E-state index contributed by atoms with van der Waals surface area (Å²) in [6.45, 7) is 0.446. The second kappa shape index (κ2) is 7.85. The van der Waals surface area contributed by atoms with Crippen molar-refractivity contribution in [2.75, 3.05) is 20.8 Å². The summed E-state index contributed by atoms with van der Waals surface area (Å²) < 4.78 is 15.0. The van der Waals surface area contributed by atoms with Crippen LogP contribution in [-0.4, -0.2) is 44.8 Å². The van der Waals surface area contributed by atoms with Crippen LogP contribution >= 0.6 is 12.4 Å². The molecular weight excluding hydrogens is 298 g/mol. The average Bonchev–Trinajstić information content (AvgIpc) is 2.95. The number of nitrogens with one attached hydrogen (secondary N) is 1. The molecule has 2 atom stereocenters. The van der Waals surface area contributed by atoms with E-state index in [0.29, 0.717) is 24.3 Å². The molecule has 0 bridgehead atoms. The van der Waals surface area contributed by atoms with Crippen molar-refractivity contribution in [2.45, 2.75) is 18.6 Å². The van der Waals surface area contributed by atoms with Crippen molar-refractivity contribution in [1.82, 2.24) is 5.32 Å². The summed E-state index contributed by atoms with van der Waals surface area (Å²) in [7, 11) is 2.89. The normalized spacial score (nSPS) is 20.3. The van der Waals surface area contributed by atoms with Crippen molar-refractivity contribution in [3.63, 3.8) is 0 Å². The van der Waals surface area contributed by atoms with Gasteiger partial charge in [0.25, 0.3) is 0 Å². The molecule has 0 radical (unpaired) electrons. The first-order valence-corrected chi connectivity index (χ1v) is 6.30. The van der Waals surface area contributed by atoms with Crippen LogP contribution in [-0.2, 0) is 14.3 Å². The summed E-state index contributed by atoms with van der Waals surface area (Å²) in [5.74, 6) is -0.0761. The third-order valence-electron chi connectivity index (χ3n) is 3.18. The van der Waals surface area contributed by atoms with Gasteiger partial charge in [0, 0.05) is 13.0 Å². The first kappa shape index (κ1) is 17.3. The minimum absolute atomic E-state index is 0. The van der Waals surface area contributed by atoms with E-state index in [1.807, 2.05) is 0 Å². The molecule has 0 saturated carbocycles. The fraction of sp³-hybridized carbons (Fsp3) is 0.429. The molecule has 1 N–H and O–H groups in total. The summed E-state index contributed by atoms with van der Waals surface area (Å²) in [5, 5.41) is 2.96. The van der Waals surface area contributed by atoms with Gasteiger partial charge in [-0.3, -0.25) is 4.79 Å². The van der Waals surface area contributed by atoms with E-state index in [0.717, 1.165) is 0 Å². The lowest BCUT2D eigenvalue weighted by molar-refractivity contribution is -0.142. The molecule has 1 aliphatic rings. The highest BCUT2D eigenvalue weighted by Gasteiger charge is 2.32. The lowest BCUT2D eigenvalue weighted by Crippen LogP contribution is -2.31. The predicted molar refractivity (Wildman–Crippen MR) is 77.9 cm³/mol. The van der Waals surface area contributed by atoms with Gasteiger partial charge in [0.2, 0.25) is 0 Å². The molecule has 21 heavy (non-hydrogen) atoms. The number of ether oxygens (including phenoxy) is 3. The Hall–Kier alpha value is -1.79. The maximum atomic E-state index is 11.9. The molecule has 0 spiro atoms. The highest BCUT2D eigenvalue weighted by Crippen LogP contribution is 2.16. The second-order valence-corrected chi connectivity index (χ2v) is 4.48. The molecule has 1 heterocycles. The van der Waals surface area contributed by atoms with Crippen molar-refractivity contribution in [2.24, 2.45) is 0 Å². The maximum absolute atomic E-state index is 11.9. The first-order chi connectivity index (χ1) is 9.63. The Balaban J connectivity index is 0.00000220. The minimum atomic E-state index is -0.412. The maximum Gasteiger partial charge on any atom is 0.338 e. The van der Waals surface area contributed by atoms with Crippen molar-refractivity contribution in [1.29, 1.82) is 0 Å². The van der Waals surface area contributed by atoms with E-state index in [-0.39, 0.29) is 24.5 Å². The zero-order valence-electron chi connectivity index (χ0n) is 11.8. The molecule has 0 aromatic heterocycles. The number of rotatable bonds is 4. The Morgan fingerprint density at radius 3 is 2.43 bits per heavy atom. The number of hydrogen-bond donors (Lipinski definition) is 1. The molecule has 0 aliphatic carbocycles. The largest absolute Gasteiger partial charge is 0.497 e. The topological polar surface area (TPSA) is 73.9 Å². The number of benzene rings is 1. The van der Waals surface area contributed by atoms with Crippen LogP contribution in [0.1, 0.15) is 16.8 Å². The van der Waals surface area contributed by atoms with Crippen molar-refractivity contribution < 1.29 is 23.8 Å². The summed E-state index contributed by atoms with van der Waals surface area (Å²) in [4.78, 5) is 23.3. The lowest BCUT2D eigenvalue weighted by Gasteiger charge is -2.11. The SMILES string of the molecule is COC(=O)[C@@H]1C[C@@H](OC(=O)c2ccc(OC)cc2)CN1.Cl. The average molecular weight is 316 g/mol. The number of esters is 2. The van der Waals surface area contributed by atoms with Gasteiger partial charge >= 0.3 is 11.9 Å². The van der Waals surface area contributed by atoms with Gasteiger partial charge in [-0.2, -0.15) is 0 Å². The van der Waals surface area contributed by atoms with E-state index in [4.69, 9.17) is 9.47 Å². The number of carbonyl (C=O) groups is 2. The quantitative estimate of drug-likeness (QED) is 0.841. The molecule has 1 aromatic carbocycles. The van der Waals surface area contributed by atoms with E-state index in [9.17, 15) is 9.59 Å². The zero-order valence-corrected chi connectivity index (χ0v) is 12.6. The smallest absolute Gasteiger partial charge is 0.338 e. The monoisotopic (exact) mass is 315 g/mol. The van der Waals surface area contributed by atoms with Gasteiger partial charge in [0.1, 0.15) is 17.9 Å². The Bertz CT molecular complexity index is 491. The summed E-state index contributed by atoms with van der Waals surface area (Å²) in [5.41, 5.74) is 0.451. The van der Waals surface area contributed by atoms with Crippen LogP contribution in [0.5, 0.6) is 5.75 Å². The van der Waals surface area contributed by atoms with E-state index in [1.165, 1.54) is 7.11 Å². The van der Waals surface area contributed by atoms with Crippen LogP contribution in [0.25, 0.3) is 0 Å². The van der Waals surface area contributed by atoms with E-state index in [2.05, 4.69) is 10.1 Å². The molecule has 1 saturated heterocycles. The van der Waals surface area contributed by atoms with Crippen LogP contribution in [0, 0.1) is 0 Å². The molecule has 2 rings (SSSR count). The fourth-order valence-corrected chi connectivity index (χ4v) is 2.06. The predicted octanol–water partition coefficient (Wildman–Crippen LogP) is 1.18. The highest BCUT2D eigenvalue weighted by atomic mass is 35.5. The molecule has 1 aromatic rings.